The molecule has 130 valence electrons. The van der Waals surface area contributed by atoms with Gasteiger partial charge < -0.3 is 28.7 Å². The Labute approximate surface area is 175 Å². The predicted molar refractivity (Wildman–Crippen MR) is 102 cm³/mol. The largest absolute Gasteiger partial charge is 1.00 e. The second-order valence-corrected chi connectivity index (χ2v) is 7.91. The van der Waals surface area contributed by atoms with Crippen LogP contribution >= 0.6 is 22.6 Å². The molecule has 1 aromatic carbocycles. The average Bonchev–Trinajstić information content (AvgIpc) is 3.15. The van der Waals surface area contributed by atoms with E-state index >= 15 is 0 Å². The molecule has 1 unspecified atom stereocenters. The Morgan fingerprint density at radius 3 is 2.29 bits per heavy atom. The van der Waals surface area contributed by atoms with Crippen molar-refractivity contribution >= 4 is 28.5 Å². The van der Waals surface area contributed by atoms with Crippen LogP contribution < -0.4 is 24.0 Å². The van der Waals surface area contributed by atoms with Gasteiger partial charge in [0, 0.05) is 29.4 Å². The van der Waals surface area contributed by atoms with Gasteiger partial charge in [-0.1, -0.05) is 43.2 Å². The van der Waals surface area contributed by atoms with E-state index in [9.17, 15) is 0 Å². The van der Waals surface area contributed by atoms with E-state index in [0.717, 1.165) is 5.76 Å². The molecule has 0 radical (unpaired) electrons. The molecule has 1 aromatic rings. The quantitative estimate of drug-likeness (QED) is 0.417. The van der Waals surface area contributed by atoms with Crippen LogP contribution in [0.5, 0.6) is 0 Å². The molecule has 0 N–H and O–H groups in total. The minimum Gasteiger partial charge on any atom is -1.00 e. The second kappa shape index (κ2) is 7.64. The van der Waals surface area contributed by atoms with Crippen molar-refractivity contribution in [3.05, 3.63) is 45.7 Å². The molecule has 3 aliphatic rings. The third-order valence-corrected chi connectivity index (χ3v) is 6.56. The summed E-state index contributed by atoms with van der Waals surface area (Å²) in [7, 11) is 0. The number of ether oxygens (including phenoxy) is 1. The van der Waals surface area contributed by atoms with E-state index in [2.05, 4.69) is 68.5 Å². The smallest absolute Gasteiger partial charge is 0.346 e. The van der Waals surface area contributed by atoms with Crippen molar-refractivity contribution in [1.82, 2.24) is 0 Å². The minimum atomic E-state index is -0.147. The molecule has 0 bridgehead atoms. The van der Waals surface area contributed by atoms with Crippen LogP contribution in [0, 0.1) is 5.92 Å². The fraction of sp³-hybridized carbons (Fsp3) is 0.550. The lowest BCUT2D eigenvalue weighted by molar-refractivity contribution is -0.642. The molecule has 2 nitrogen and oxygen atoms in total. The summed E-state index contributed by atoms with van der Waals surface area (Å²) >= 11 is 2.35. The molecule has 24 heavy (non-hydrogen) atoms. The summed E-state index contributed by atoms with van der Waals surface area (Å²) in [6.45, 7) is 2.35. The zero-order valence-corrected chi connectivity index (χ0v) is 18.5. The van der Waals surface area contributed by atoms with Crippen molar-refractivity contribution in [3.63, 3.8) is 0 Å². The van der Waals surface area contributed by atoms with Crippen LogP contribution in [0.4, 0.5) is 0 Å². The lowest BCUT2D eigenvalue weighted by atomic mass is 9.84. The lowest BCUT2D eigenvalue weighted by Gasteiger charge is -2.31. The first-order valence-corrected chi connectivity index (χ1v) is 10.2. The molecule has 2 saturated carbocycles. The van der Waals surface area contributed by atoms with Gasteiger partial charge in [0.25, 0.3) is 0 Å². The van der Waals surface area contributed by atoms with Gasteiger partial charge in [-0.3, -0.25) is 0 Å². The highest BCUT2D eigenvalue weighted by Gasteiger charge is 2.57. The van der Waals surface area contributed by atoms with Crippen LogP contribution in [0.15, 0.2) is 40.2 Å². The fourth-order valence-corrected chi connectivity index (χ4v) is 5.15. The number of halogens is 2. The first-order valence-electron chi connectivity index (χ1n) is 8.95. The maximum Gasteiger partial charge on any atom is 0.346 e. The van der Waals surface area contributed by atoms with Gasteiger partial charge in [0.1, 0.15) is 0 Å². The Hall–Kier alpha value is -0.110. The normalized spacial score (nSPS) is 29.5. The van der Waals surface area contributed by atoms with Crippen LogP contribution in [0.1, 0.15) is 57.4 Å². The number of hydrogen-bond acceptors (Lipinski definition) is 1. The van der Waals surface area contributed by atoms with Crippen molar-refractivity contribution in [2.75, 3.05) is 0 Å². The van der Waals surface area contributed by atoms with E-state index < -0.39 is 0 Å². The van der Waals surface area contributed by atoms with Gasteiger partial charge in [-0.15, -0.1) is 0 Å². The van der Waals surface area contributed by atoms with E-state index in [1.165, 1.54) is 56.4 Å². The van der Waals surface area contributed by atoms with E-state index in [4.69, 9.17) is 4.74 Å². The summed E-state index contributed by atoms with van der Waals surface area (Å²) in [6.07, 6.45) is 9.24. The SMILES string of the molecule is CC1(c2ccccc2)C(=CI)OC(C2CCCC2)=[N+]1C1CCC1.[I-]. The molecule has 2 aliphatic carbocycles. The van der Waals surface area contributed by atoms with E-state index in [1.54, 1.807) is 0 Å². The summed E-state index contributed by atoms with van der Waals surface area (Å²) in [4.78, 5) is 0. The summed E-state index contributed by atoms with van der Waals surface area (Å²) in [6, 6.07) is 11.6. The van der Waals surface area contributed by atoms with Gasteiger partial charge in [0.15, 0.2) is 11.8 Å². The number of nitrogens with zero attached hydrogens (tertiary/aromatic N) is 1. The molecule has 4 rings (SSSR count). The first-order chi connectivity index (χ1) is 11.2. The molecule has 1 heterocycles. The van der Waals surface area contributed by atoms with Gasteiger partial charge in [0.05, 0.1) is 5.92 Å². The van der Waals surface area contributed by atoms with Gasteiger partial charge >= 0.3 is 5.90 Å². The summed E-state index contributed by atoms with van der Waals surface area (Å²) in [5, 5.41) is 0. The van der Waals surface area contributed by atoms with Gasteiger partial charge in [-0.05, 0) is 41.9 Å². The summed E-state index contributed by atoms with van der Waals surface area (Å²) < 4.78 is 11.3. The molecule has 2 fully saturated rings. The van der Waals surface area contributed by atoms with Gasteiger partial charge in [-0.25, -0.2) is 0 Å². The van der Waals surface area contributed by atoms with Crippen molar-refractivity contribution < 1.29 is 33.3 Å². The van der Waals surface area contributed by atoms with Crippen molar-refractivity contribution in [1.29, 1.82) is 0 Å². The van der Waals surface area contributed by atoms with Crippen LogP contribution in [0.2, 0.25) is 0 Å². The standard InChI is InChI=1S/C20H25INO.HI/c1-20(16-10-3-2-4-11-16)18(14-21)23-19(15-8-5-6-9-15)22(20)17-12-7-13-17;/h2-4,10-11,14-15,17H,5-9,12-13H2,1H3;1H/q+1;/p-1. The highest BCUT2D eigenvalue weighted by Crippen LogP contribution is 2.46. The van der Waals surface area contributed by atoms with Crippen LogP contribution in [-0.4, -0.2) is 16.5 Å². The number of benzene rings is 1. The van der Waals surface area contributed by atoms with E-state index in [-0.39, 0.29) is 29.5 Å². The van der Waals surface area contributed by atoms with Gasteiger partial charge in [-0.2, -0.15) is 4.58 Å². The third-order valence-electron chi connectivity index (χ3n) is 5.99. The van der Waals surface area contributed by atoms with Crippen LogP contribution in [-0.2, 0) is 10.3 Å². The van der Waals surface area contributed by atoms with Crippen molar-refractivity contribution in [2.24, 2.45) is 5.92 Å². The molecule has 1 atom stereocenters. The molecular weight excluding hydrogens is 524 g/mol. The summed E-state index contributed by atoms with van der Waals surface area (Å²) in [5.41, 5.74) is 1.20. The first kappa shape index (κ1) is 18.7. The van der Waals surface area contributed by atoms with Crippen LogP contribution in [0.3, 0.4) is 0 Å². The van der Waals surface area contributed by atoms with E-state index in [0.29, 0.717) is 12.0 Å². The number of hydrogen-bond donors (Lipinski definition) is 0. The highest BCUT2D eigenvalue weighted by atomic mass is 127. The van der Waals surface area contributed by atoms with Crippen LogP contribution in [0.25, 0.3) is 0 Å². The third kappa shape index (κ3) is 2.95. The van der Waals surface area contributed by atoms with E-state index in [1.807, 2.05) is 0 Å². The minimum absolute atomic E-state index is 0. The van der Waals surface area contributed by atoms with Crippen molar-refractivity contribution in [2.45, 2.75) is 63.5 Å². The lowest BCUT2D eigenvalue weighted by Crippen LogP contribution is -3.00. The maximum absolute atomic E-state index is 6.53. The second-order valence-electron chi connectivity index (χ2n) is 7.29. The Morgan fingerprint density at radius 2 is 1.75 bits per heavy atom. The maximum atomic E-state index is 6.53. The Morgan fingerprint density at radius 1 is 1.08 bits per heavy atom. The molecule has 0 saturated heterocycles. The molecule has 4 heteroatoms. The predicted octanol–water partition coefficient (Wildman–Crippen LogP) is 2.37. The Bertz CT molecular complexity index is 645. The summed E-state index contributed by atoms with van der Waals surface area (Å²) in [5.74, 6) is 2.99. The Kier molecular flexibility index (Phi) is 5.94. The molecule has 1 aliphatic heterocycles. The fourth-order valence-electron chi connectivity index (χ4n) is 4.42. The molecule has 0 spiro atoms. The number of rotatable bonds is 3. The molecule has 0 amide bonds. The molecule has 0 aromatic heterocycles. The monoisotopic (exact) mass is 549 g/mol. The van der Waals surface area contributed by atoms with Gasteiger partial charge in [0.2, 0.25) is 5.54 Å². The topological polar surface area (TPSA) is 12.2 Å². The highest BCUT2D eigenvalue weighted by molar-refractivity contribution is 14.1. The average molecular weight is 549 g/mol. The zero-order valence-electron chi connectivity index (χ0n) is 14.2. The zero-order chi connectivity index (χ0) is 15.9. The van der Waals surface area contributed by atoms with Crippen molar-refractivity contribution in [3.8, 4) is 0 Å². The molecular formula is C20H25I2NO. The Balaban J connectivity index is 0.00000169.